The van der Waals surface area contributed by atoms with Crippen molar-refractivity contribution in [3.8, 4) is 0 Å². The lowest BCUT2D eigenvalue weighted by Crippen LogP contribution is -2.47. The first kappa shape index (κ1) is 35.6. The molecule has 0 bridgehead atoms. The van der Waals surface area contributed by atoms with Crippen molar-refractivity contribution in [2.24, 2.45) is 0 Å². The van der Waals surface area contributed by atoms with Gasteiger partial charge in [-0.15, -0.1) is 23.5 Å². The second-order valence-corrected chi connectivity index (χ2v) is 14.5. The molecule has 7 rings (SSSR count). The second kappa shape index (κ2) is 15.9. The number of thioether (sulfide) groups is 2. The molecule has 1 saturated heterocycles. The average Bonchev–Trinajstić information content (AvgIpc) is 3.16. The summed E-state index contributed by atoms with van der Waals surface area (Å²) in [5.74, 6) is 0. The van der Waals surface area contributed by atoms with Crippen LogP contribution in [-0.2, 0) is 0 Å². The molecule has 0 radical (unpaired) electrons. The van der Waals surface area contributed by atoms with Crippen molar-refractivity contribution in [3.05, 3.63) is 93.0 Å². The lowest BCUT2D eigenvalue weighted by atomic mass is 10.1. The van der Waals surface area contributed by atoms with Crippen LogP contribution in [0.2, 0.25) is 0 Å². The summed E-state index contributed by atoms with van der Waals surface area (Å²) in [4.78, 5) is 39.3. The monoisotopic (exact) mass is 736 g/mol. The molecule has 14 heteroatoms. The number of fused-ring (bicyclic) bond motifs is 4. The van der Waals surface area contributed by atoms with E-state index >= 15 is 0 Å². The van der Waals surface area contributed by atoms with Crippen molar-refractivity contribution >= 4 is 89.9 Å². The van der Waals surface area contributed by atoms with Gasteiger partial charge in [-0.05, 0) is 62.7 Å². The maximum Gasteiger partial charge on any atom is 0.270 e. The van der Waals surface area contributed by atoms with Gasteiger partial charge in [0, 0.05) is 94.9 Å². The molecule has 2 N–H and O–H groups in total. The molecule has 0 spiro atoms. The number of aromatic nitrogens is 2. The zero-order valence-electron chi connectivity index (χ0n) is 29.1. The summed E-state index contributed by atoms with van der Waals surface area (Å²) in [6, 6.07) is 22.0. The van der Waals surface area contributed by atoms with E-state index in [1.165, 1.54) is 12.1 Å². The number of rotatable bonds is 14. The Balaban J connectivity index is 0.934. The molecule has 1 aliphatic rings. The molecule has 1 aliphatic heterocycles. The number of nitro benzene ring substituents is 2. The SMILES string of the molecule is CSc1cccc2c(NCCCN3CCN(CCCNc4c5cc([N+](=O)[O-])ccc5nc5c(SC)cccc45)CC3)c3cc([N+](=O)[O-])ccc3nc12. The van der Waals surface area contributed by atoms with Gasteiger partial charge >= 0.3 is 0 Å². The molecule has 0 unspecified atom stereocenters. The Kier molecular flexibility index (Phi) is 10.9. The minimum atomic E-state index is -0.358. The summed E-state index contributed by atoms with van der Waals surface area (Å²) in [5.41, 5.74) is 5.20. The number of hydrogen-bond donors (Lipinski definition) is 2. The van der Waals surface area contributed by atoms with Crippen molar-refractivity contribution in [3.63, 3.8) is 0 Å². The highest BCUT2D eigenvalue weighted by Gasteiger charge is 2.19. The van der Waals surface area contributed by atoms with E-state index in [1.54, 1.807) is 47.8 Å². The predicted molar refractivity (Wildman–Crippen MR) is 214 cm³/mol. The Morgan fingerprint density at radius 2 is 1.06 bits per heavy atom. The smallest absolute Gasteiger partial charge is 0.270 e. The van der Waals surface area contributed by atoms with Gasteiger partial charge in [0.05, 0.1) is 43.3 Å². The Morgan fingerprint density at radius 3 is 1.44 bits per heavy atom. The molecule has 4 aromatic carbocycles. The number of pyridine rings is 2. The number of nitrogens with zero attached hydrogens (tertiary/aromatic N) is 6. The van der Waals surface area contributed by atoms with Crippen LogP contribution in [0.1, 0.15) is 12.8 Å². The molecule has 0 aliphatic carbocycles. The van der Waals surface area contributed by atoms with Gasteiger partial charge in [-0.1, -0.05) is 24.3 Å². The van der Waals surface area contributed by atoms with Crippen LogP contribution in [0.25, 0.3) is 43.6 Å². The zero-order chi connectivity index (χ0) is 36.2. The van der Waals surface area contributed by atoms with Crippen molar-refractivity contribution in [2.75, 3.05) is 75.5 Å². The van der Waals surface area contributed by atoms with Gasteiger partial charge in [-0.2, -0.15) is 0 Å². The van der Waals surface area contributed by atoms with Crippen LogP contribution in [0, 0.1) is 20.2 Å². The van der Waals surface area contributed by atoms with E-state index in [0.717, 1.165) is 130 Å². The van der Waals surface area contributed by atoms with Crippen LogP contribution in [0.5, 0.6) is 0 Å². The quantitative estimate of drug-likeness (QED) is 0.0365. The fourth-order valence-corrected chi connectivity index (χ4v) is 8.19. The Hall–Kier alpha value is -4.76. The number of benzene rings is 4. The molecule has 6 aromatic rings. The summed E-state index contributed by atoms with van der Waals surface area (Å²) in [6.45, 7) is 7.41. The molecule has 0 amide bonds. The molecule has 12 nitrogen and oxygen atoms in total. The average molecular weight is 737 g/mol. The molecule has 2 aromatic heterocycles. The van der Waals surface area contributed by atoms with E-state index < -0.39 is 0 Å². The van der Waals surface area contributed by atoms with Crippen molar-refractivity contribution in [1.82, 2.24) is 19.8 Å². The number of nitro groups is 2. The number of non-ortho nitro benzene ring substituents is 2. The molecule has 52 heavy (non-hydrogen) atoms. The molecule has 1 fully saturated rings. The minimum Gasteiger partial charge on any atom is -0.384 e. The molecular formula is C38H40N8O4S2. The summed E-state index contributed by atoms with van der Waals surface area (Å²) in [7, 11) is 0. The minimum absolute atomic E-state index is 0.0572. The summed E-state index contributed by atoms with van der Waals surface area (Å²) in [6.07, 6.45) is 5.95. The first-order chi connectivity index (χ1) is 25.3. The topological polar surface area (TPSA) is 143 Å². The predicted octanol–water partition coefficient (Wildman–Crippen LogP) is 8.27. The third-order valence-electron chi connectivity index (χ3n) is 9.73. The van der Waals surface area contributed by atoms with E-state index in [4.69, 9.17) is 9.97 Å². The maximum atomic E-state index is 11.6. The first-order valence-corrected chi connectivity index (χ1v) is 19.8. The van der Waals surface area contributed by atoms with Gasteiger partial charge in [0.25, 0.3) is 11.4 Å². The van der Waals surface area contributed by atoms with Gasteiger partial charge in [-0.25, -0.2) is 9.97 Å². The van der Waals surface area contributed by atoms with Gasteiger partial charge in [-0.3, -0.25) is 20.2 Å². The number of hydrogen-bond acceptors (Lipinski definition) is 12. The number of anilines is 2. The lowest BCUT2D eigenvalue weighted by molar-refractivity contribution is -0.384. The molecule has 3 heterocycles. The van der Waals surface area contributed by atoms with Gasteiger partial charge < -0.3 is 20.4 Å². The molecule has 0 saturated carbocycles. The number of nitrogens with one attached hydrogen (secondary N) is 2. The van der Waals surface area contributed by atoms with Crippen molar-refractivity contribution in [2.45, 2.75) is 22.6 Å². The van der Waals surface area contributed by atoms with Crippen LogP contribution >= 0.6 is 23.5 Å². The summed E-state index contributed by atoms with van der Waals surface area (Å²) >= 11 is 3.29. The standard InChI is InChI=1S/C38H40N8O4S2/c1-51-33-9-3-7-27-35(29-23-25(45(47)48)11-13-31(29)41-37(27)33)39-15-5-17-43-19-21-44(22-20-43)18-6-16-40-36-28-8-4-10-34(52-2)38(28)42-32-14-12-26(46(49)50)24-30(32)36/h3-4,7-14,23-24H,5-6,15-22H2,1-2H3,(H,39,41)(H,40,42). The normalized spacial score (nSPS) is 14.0. The van der Waals surface area contributed by atoms with Crippen LogP contribution in [0.4, 0.5) is 22.7 Å². The second-order valence-electron chi connectivity index (χ2n) is 12.8. The number of piperazine rings is 1. The molecule has 0 atom stereocenters. The van der Waals surface area contributed by atoms with Crippen molar-refractivity contribution < 1.29 is 9.85 Å². The van der Waals surface area contributed by atoms with Gasteiger partial charge in [0.2, 0.25) is 0 Å². The zero-order valence-corrected chi connectivity index (χ0v) is 30.8. The van der Waals surface area contributed by atoms with E-state index in [0.29, 0.717) is 0 Å². The van der Waals surface area contributed by atoms with Crippen LogP contribution in [0.3, 0.4) is 0 Å². The third kappa shape index (κ3) is 7.42. The molecule has 268 valence electrons. The summed E-state index contributed by atoms with van der Waals surface area (Å²) < 4.78 is 0. The maximum absolute atomic E-state index is 11.6. The third-order valence-corrected chi connectivity index (χ3v) is 11.3. The van der Waals surface area contributed by atoms with Crippen LogP contribution in [-0.4, -0.2) is 94.5 Å². The highest BCUT2D eigenvalue weighted by Crippen LogP contribution is 2.38. The first-order valence-electron chi connectivity index (χ1n) is 17.4. The van der Waals surface area contributed by atoms with E-state index in [2.05, 4.69) is 32.6 Å². The van der Waals surface area contributed by atoms with Crippen molar-refractivity contribution in [1.29, 1.82) is 0 Å². The van der Waals surface area contributed by atoms with E-state index in [1.807, 2.05) is 36.8 Å². The molecular weight excluding hydrogens is 697 g/mol. The number of para-hydroxylation sites is 2. The van der Waals surface area contributed by atoms with Gasteiger partial charge in [0.15, 0.2) is 0 Å². The summed E-state index contributed by atoms with van der Waals surface area (Å²) in [5, 5.41) is 33.9. The highest BCUT2D eigenvalue weighted by molar-refractivity contribution is 7.99. The van der Waals surface area contributed by atoms with Crippen LogP contribution in [0.15, 0.2) is 82.6 Å². The van der Waals surface area contributed by atoms with E-state index in [9.17, 15) is 20.2 Å². The Morgan fingerprint density at radius 1 is 0.635 bits per heavy atom. The van der Waals surface area contributed by atoms with E-state index in [-0.39, 0.29) is 21.2 Å². The Bertz CT molecular complexity index is 2140. The fraction of sp³-hybridized carbons (Fsp3) is 0.316. The van der Waals surface area contributed by atoms with Gasteiger partial charge in [0.1, 0.15) is 0 Å². The van der Waals surface area contributed by atoms with Crippen LogP contribution < -0.4 is 10.6 Å². The largest absolute Gasteiger partial charge is 0.384 e. The fourth-order valence-electron chi connectivity index (χ4n) is 7.06. The lowest BCUT2D eigenvalue weighted by Gasteiger charge is -2.34. The Labute approximate surface area is 309 Å². The highest BCUT2D eigenvalue weighted by atomic mass is 32.2.